The van der Waals surface area contributed by atoms with Gasteiger partial charge in [-0.2, -0.15) is 0 Å². The minimum Gasteiger partial charge on any atom is -0.756 e. The number of hydrogen-bond donors (Lipinski definition) is 3. The fraction of sp³-hybridized carbons (Fsp3) is 0.862. The molecule has 75 heavy (non-hydrogen) atoms. The zero-order chi connectivity index (χ0) is 55.0. The smallest absolute Gasteiger partial charge is 0.268 e. The Morgan fingerprint density at radius 2 is 0.840 bits per heavy atom. The van der Waals surface area contributed by atoms with Gasteiger partial charge in [0, 0.05) is 6.42 Å². The van der Waals surface area contributed by atoms with Gasteiger partial charge < -0.3 is 34.0 Å². The molecule has 0 aliphatic carbocycles. The number of aliphatic hydroxyl groups is 2. The number of aliphatic hydroxyl groups excluding tert-OH is 2. The zero-order valence-corrected chi connectivity index (χ0v) is 51.0. The molecule has 0 saturated heterocycles. The molecule has 0 saturated carbocycles. The lowest BCUT2D eigenvalue weighted by atomic mass is 9.99. The van der Waals surface area contributed by atoms with Crippen LogP contribution in [-0.2, 0) is 18.4 Å². The number of amides is 1. The Balaban J connectivity index is 3.91. The summed E-state index contributed by atoms with van der Waals surface area (Å²) in [6.45, 7) is 4.35. The number of likely N-dealkylation sites (N-methyl/N-ethyl adjacent to an activating group) is 1. The maximum Gasteiger partial charge on any atom is 0.268 e. The highest BCUT2D eigenvalue weighted by Crippen LogP contribution is 2.38. The number of allylic oxidation sites excluding steroid dienone is 8. The van der Waals surface area contributed by atoms with Gasteiger partial charge in [0.25, 0.3) is 7.82 Å². The first-order chi connectivity index (χ1) is 36.4. The molecule has 9 nitrogen and oxygen atoms in total. The summed E-state index contributed by atoms with van der Waals surface area (Å²) < 4.78 is 23.3. The van der Waals surface area contributed by atoms with Gasteiger partial charge in [-0.3, -0.25) is 9.36 Å². The first-order valence-corrected chi connectivity index (χ1v) is 33.5. The molecule has 0 rings (SSSR count). The van der Waals surface area contributed by atoms with Gasteiger partial charge in [0.2, 0.25) is 5.91 Å². The average Bonchev–Trinajstić information content (AvgIpc) is 3.37. The quantitative estimate of drug-likeness (QED) is 0.0239. The maximum atomic E-state index is 13.0. The van der Waals surface area contributed by atoms with E-state index >= 15 is 0 Å². The molecule has 0 aromatic heterocycles. The minimum absolute atomic E-state index is 0.0388. The van der Waals surface area contributed by atoms with Gasteiger partial charge in [-0.25, -0.2) is 0 Å². The molecular weight excluding hydrogens is 952 g/mol. The summed E-state index contributed by atoms with van der Waals surface area (Å²) in [5, 5.41) is 24.8. The summed E-state index contributed by atoms with van der Waals surface area (Å²) in [6, 6.07) is -1.07. The number of nitrogens with zero attached hydrogens (tertiary/aromatic N) is 1. The van der Waals surface area contributed by atoms with Crippen molar-refractivity contribution >= 4 is 13.7 Å². The van der Waals surface area contributed by atoms with Crippen LogP contribution in [0.3, 0.4) is 0 Å². The van der Waals surface area contributed by atoms with Gasteiger partial charge in [0.1, 0.15) is 19.3 Å². The number of phosphoric acid groups is 1. The number of carbonyl (C=O) groups is 1. The zero-order valence-electron chi connectivity index (χ0n) is 50.1. The van der Waals surface area contributed by atoms with E-state index in [2.05, 4.69) is 67.8 Å². The van der Waals surface area contributed by atoms with Crippen LogP contribution in [0, 0.1) is 0 Å². The van der Waals surface area contributed by atoms with Gasteiger partial charge in [0.15, 0.2) is 0 Å². The Kier molecular flexibility index (Phi) is 54.5. The molecule has 0 aliphatic rings. The van der Waals surface area contributed by atoms with E-state index in [9.17, 15) is 24.5 Å². The number of rotatable bonds is 59. The second-order valence-corrected chi connectivity index (χ2v) is 24.6. The van der Waals surface area contributed by atoms with E-state index in [1.807, 2.05) is 21.1 Å². The first kappa shape index (κ1) is 73.4. The summed E-state index contributed by atoms with van der Waals surface area (Å²) in [4.78, 5) is 25.6. The second kappa shape index (κ2) is 55.7. The average molecular weight is 1080 g/mol. The molecule has 3 N–H and O–H groups in total. The summed E-state index contributed by atoms with van der Waals surface area (Å²) >= 11 is 0. The largest absolute Gasteiger partial charge is 0.756 e. The summed E-state index contributed by atoms with van der Waals surface area (Å²) in [5.41, 5.74) is 0. The van der Waals surface area contributed by atoms with Gasteiger partial charge in [-0.05, 0) is 51.4 Å². The number of nitrogens with one attached hydrogen (secondary N) is 1. The Labute approximate surface area is 465 Å². The molecule has 1 amide bonds. The van der Waals surface area contributed by atoms with Crippen molar-refractivity contribution in [3.05, 3.63) is 48.6 Å². The Bertz CT molecular complexity index is 1380. The molecule has 0 aromatic carbocycles. The van der Waals surface area contributed by atoms with Crippen LogP contribution >= 0.6 is 7.82 Å². The normalized spacial score (nSPS) is 14.5. The second-order valence-electron chi connectivity index (χ2n) is 23.2. The van der Waals surface area contributed by atoms with Crippen LogP contribution < -0.4 is 10.2 Å². The van der Waals surface area contributed by atoms with E-state index in [4.69, 9.17) is 9.05 Å². The van der Waals surface area contributed by atoms with Crippen molar-refractivity contribution < 1.29 is 38.0 Å². The highest BCUT2D eigenvalue weighted by molar-refractivity contribution is 7.45. The third-order valence-corrected chi connectivity index (χ3v) is 15.6. The van der Waals surface area contributed by atoms with Crippen molar-refractivity contribution in [2.45, 2.75) is 321 Å². The molecule has 0 fully saturated rings. The lowest BCUT2D eigenvalue weighted by Crippen LogP contribution is -2.51. The molecule has 0 radical (unpaired) electrons. The van der Waals surface area contributed by atoms with Crippen LogP contribution in [0.1, 0.15) is 303 Å². The van der Waals surface area contributed by atoms with Crippen molar-refractivity contribution in [3.8, 4) is 0 Å². The van der Waals surface area contributed by atoms with E-state index in [0.717, 1.165) is 64.2 Å². The topological polar surface area (TPSA) is 128 Å². The maximum absolute atomic E-state index is 13.0. The first-order valence-electron chi connectivity index (χ1n) is 32.1. The van der Waals surface area contributed by atoms with Crippen LogP contribution in [0.25, 0.3) is 0 Å². The van der Waals surface area contributed by atoms with E-state index in [0.29, 0.717) is 17.4 Å². The fourth-order valence-corrected chi connectivity index (χ4v) is 10.4. The lowest BCUT2D eigenvalue weighted by Gasteiger charge is -2.31. The molecular formula is C65H125N2O7P. The predicted octanol–water partition coefficient (Wildman–Crippen LogP) is 18.2. The SMILES string of the molecule is CC/C=C\C/C=C\C/C=C\C/C=C\CCCCCCCCCCCCCCCCCCCCCCCCCCCCC(=O)NC(COP(=O)([O-])OCC[N+](C)(C)C)C(O)C(O)CCCCCCCCCCCCCC. The van der Waals surface area contributed by atoms with E-state index in [-0.39, 0.29) is 18.9 Å². The Morgan fingerprint density at radius 3 is 1.23 bits per heavy atom. The van der Waals surface area contributed by atoms with E-state index < -0.39 is 32.7 Å². The van der Waals surface area contributed by atoms with Crippen molar-refractivity contribution in [2.24, 2.45) is 0 Å². The molecule has 0 spiro atoms. The van der Waals surface area contributed by atoms with Gasteiger partial charge in [-0.1, -0.05) is 294 Å². The van der Waals surface area contributed by atoms with Crippen molar-refractivity contribution in [3.63, 3.8) is 0 Å². The fourth-order valence-electron chi connectivity index (χ4n) is 9.66. The summed E-state index contributed by atoms with van der Waals surface area (Å²) in [5.74, 6) is -0.273. The molecule has 4 unspecified atom stereocenters. The van der Waals surface area contributed by atoms with Crippen LogP contribution in [0.15, 0.2) is 48.6 Å². The molecule has 0 aliphatic heterocycles. The third kappa shape index (κ3) is 56.9. The van der Waals surface area contributed by atoms with E-state index in [1.54, 1.807) is 0 Å². The highest BCUT2D eigenvalue weighted by atomic mass is 31.2. The number of quaternary nitrogens is 1. The van der Waals surface area contributed by atoms with Crippen LogP contribution in [0.4, 0.5) is 0 Å². The summed E-state index contributed by atoms with van der Waals surface area (Å²) in [6.07, 6.45) is 70.7. The lowest BCUT2D eigenvalue weighted by molar-refractivity contribution is -0.870. The minimum atomic E-state index is -4.67. The van der Waals surface area contributed by atoms with E-state index in [1.165, 1.54) is 212 Å². The molecule has 4 atom stereocenters. The van der Waals surface area contributed by atoms with Crippen LogP contribution in [0.2, 0.25) is 0 Å². The number of carbonyl (C=O) groups excluding carboxylic acids is 1. The summed E-state index contributed by atoms with van der Waals surface area (Å²) in [7, 11) is 1.14. The molecule has 0 aromatic rings. The molecule has 0 heterocycles. The van der Waals surface area contributed by atoms with Gasteiger partial charge >= 0.3 is 0 Å². The standard InChI is InChI=1S/C65H125N2O7P/c1-6-8-10-12-14-16-18-20-21-22-23-24-25-26-27-28-29-30-31-32-33-34-35-36-37-38-39-40-41-42-43-44-45-46-48-50-52-54-56-58-64(69)66-62(61-74-75(71,72)73-60-59-67(3,4)5)65(70)63(68)57-55-53-51-49-47-19-17-15-13-11-9-7-2/h8,10,14,16,20-21,23-24,62-63,65,68,70H,6-7,9,11-13,15,17-19,22,25-61H2,1-5H3,(H-,66,69,71,72)/b10-8-,16-14-,21-20-,24-23-. The third-order valence-electron chi connectivity index (χ3n) is 14.7. The Hall–Kier alpha value is -1.58. The number of unbranched alkanes of at least 4 members (excludes halogenated alkanes) is 37. The highest BCUT2D eigenvalue weighted by Gasteiger charge is 2.29. The van der Waals surface area contributed by atoms with Crippen LogP contribution in [0.5, 0.6) is 0 Å². The van der Waals surface area contributed by atoms with Crippen molar-refractivity contribution in [1.82, 2.24) is 5.32 Å². The van der Waals surface area contributed by atoms with Crippen molar-refractivity contribution in [2.75, 3.05) is 40.9 Å². The van der Waals surface area contributed by atoms with Crippen molar-refractivity contribution in [1.29, 1.82) is 0 Å². The molecule has 0 bridgehead atoms. The van der Waals surface area contributed by atoms with Gasteiger partial charge in [0.05, 0.1) is 39.9 Å². The predicted molar refractivity (Wildman–Crippen MR) is 322 cm³/mol. The molecule has 442 valence electrons. The van der Waals surface area contributed by atoms with Crippen LogP contribution in [-0.4, -0.2) is 79.8 Å². The number of phosphoric ester groups is 1. The monoisotopic (exact) mass is 1080 g/mol. The number of hydrogen-bond acceptors (Lipinski definition) is 7. The molecule has 10 heteroatoms. The van der Waals surface area contributed by atoms with Gasteiger partial charge in [-0.15, -0.1) is 0 Å². The Morgan fingerprint density at radius 1 is 0.493 bits per heavy atom.